The molecule has 0 aliphatic carbocycles. The predicted octanol–water partition coefficient (Wildman–Crippen LogP) is 0.590. The minimum Gasteiger partial charge on any atom is -0.329 e. The van der Waals surface area contributed by atoms with Crippen LogP contribution in [0.2, 0.25) is 0 Å². The molecule has 1 heterocycles. The van der Waals surface area contributed by atoms with Gasteiger partial charge in [-0.05, 0) is 17.9 Å². The molecule has 0 saturated heterocycles. The van der Waals surface area contributed by atoms with Crippen LogP contribution in [0.5, 0.6) is 0 Å². The Morgan fingerprint density at radius 3 is 2.73 bits per heavy atom. The van der Waals surface area contributed by atoms with Gasteiger partial charge in [-0.1, -0.05) is 6.07 Å². The Balaban J connectivity index is 0.00000196. The Bertz CT molecular complexity index is 351. The minimum atomic E-state index is -3.14. The van der Waals surface area contributed by atoms with Crippen molar-refractivity contribution in [3.8, 4) is 0 Å². The van der Waals surface area contributed by atoms with E-state index in [1.165, 1.54) is 0 Å². The maximum Gasteiger partial charge on any atom is 0.211 e. The summed E-state index contributed by atoms with van der Waals surface area (Å²) >= 11 is 1.57. The van der Waals surface area contributed by atoms with Gasteiger partial charge in [0.15, 0.2) is 0 Å². The zero-order valence-corrected chi connectivity index (χ0v) is 10.6. The predicted molar refractivity (Wildman–Crippen MR) is 66.1 cm³/mol. The molecule has 0 saturated carbocycles. The Kier molecular flexibility index (Phi) is 7.12. The fourth-order valence-electron chi connectivity index (χ4n) is 0.976. The number of aryl methyl sites for hydroxylation is 1. The van der Waals surface area contributed by atoms with E-state index in [1.54, 1.807) is 11.3 Å². The van der Waals surface area contributed by atoms with Gasteiger partial charge in [0.2, 0.25) is 10.0 Å². The van der Waals surface area contributed by atoms with Gasteiger partial charge in [0.1, 0.15) is 0 Å². The lowest BCUT2D eigenvalue weighted by molar-refractivity contribution is 0.581. The number of halogens is 1. The SMILES string of the molecule is Cl.NCCNS(=O)(=O)CCc1cccs1. The number of nitrogens with two attached hydrogens (primary N) is 1. The van der Waals surface area contributed by atoms with Gasteiger partial charge >= 0.3 is 0 Å². The van der Waals surface area contributed by atoms with Crippen LogP contribution in [-0.4, -0.2) is 27.3 Å². The van der Waals surface area contributed by atoms with Gasteiger partial charge in [0.05, 0.1) is 5.75 Å². The van der Waals surface area contributed by atoms with Gasteiger partial charge < -0.3 is 5.73 Å². The largest absolute Gasteiger partial charge is 0.329 e. The molecule has 1 aromatic rings. The number of nitrogens with one attached hydrogen (secondary N) is 1. The quantitative estimate of drug-likeness (QED) is 0.795. The van der Waals surface area contributed by atoms with Crippen LogP contribution in [0.1, 0.15) is 4.88 Å². The molecular formula is C8H15ClN2O2S2. The second-order valence-corrected chi connectivity index (χ2v) is 5.79. The van der Waals surface area contributed by atoms with E-state index in [2.05, 4.69) is 4.72 Å². The lowest BCUT2D eigenvalue weighted by Crippen LogP contribution is -2.31. The average Bonchev–Trinajstić information content (AvgIpc) is 2.64. The van der Waals surface area contributed by atoms with E-state index in [9.17, 15) is 8.42 Å². The third-order valence-corrected chi connectivity index (χ3v) is 3.99. The van der Waals surface area contributed by atoms with Crippen molar-refractivity contribution >= 4 is 33.8 Å². The van der Waals surface area contributed by atoms with E-state index in [0.29, 0.717) is 19.5 Å². The highest BCUT2D eigenvalue weighted by Crippen LogP contribution is 2.09. The summed E-state index contributed by atoms with van der Waals surface area (Å²) in [4.78, 5) is 1.09. The van der Waals surface area contributed by atoms with Crippen molar-refractivity contribution in [2.75, 3.05) is 18.8 Å². The van der Waals surface area contributed by atoms with Crippen molar-refractivity contribution in [1.29, 1.82) is 0 Å². The van der Waals surface area contributed by atoms with E-state index in [-0.39, 0.29) is 18.2 Å². The Hall–Kier alpha value is -0.140. The standard InChI is InChI=1S/C8H14N2O2S2.ClH/c9-4-5-10-14(11,12)7-3-8-2-1-6-13-8;/h1-2,6,10H,3-5,7,9H2;1H. The maximum atomic E-state index is 11.3. The van der Waals surface area contributed by atoms with Crippen molar-refractivity contribution < 1.29 is 8.42 Å². The van der Waals surface area contributed by atoms with Gasteiger partial charge in [0.25, 0.3) is 0 Å². The average molecular weight is 271 g/mol. The summed E-state index contributed by atoms with van der Waals surface area (Å²) in [6.07, 6.45) is 0.567. The lowest BCUT2D eigenvalue weighted by atomic mass is 10.4. The molecule has 1 aromatic heterocycles. The highest BCUT2D eigenvalue weighted by Gasteiger charge is 2.09. The molecule has 0 fully saturated rings. The van der Waals surface area contributed by atoms with Crippen LogP contribution in [-0.2, 0) is 16.4 Å². The first kappa shape index (κ1) is 14.9. The van der Waals surface area contributed by atoms with Crippen LogP contribution in [0.25, 0.3) is 0 Å². The van der Waals surface area contributed by atoms with Crippen molar-refractivity contribution in [1.82, 2.24) is 4.72 Å². The Morgan fingerprint density at radius 2 is 2.20 bits per heavy atom. The number of thiophene rings is 1. The first-order valence-corrected chi connectivity index (χ1v) is 6.87. The summed E-state index contributed by atoms with van der Waals surface area (Å²) in [6.45, 7) is 0.644. The molecular weight excluding hydrogens is 256 g/mol. The van der Waals surface area contributed by atoms with Crippen LogP contribution in [0.15, 0.2) is 17.5 Å². The van der Waals surface area contributed by atoms with E-state index < -0.39 is 10.0 Å². The summed E-state index contributed by atoms with van der Waals surface area (Å²) in [6, 6.07) is 3.85. The van der Waals surface area contributed by atoms with Gasteiger partial charge in [-0.15, -0.1) is 23.7 Å². The number of hydrogen-bond acceptors (Lipinski definition) is 4. The van der Waals surface area contributed by atoms with Crippen LogP contribution in [0.4, 0.5) is 0 Å². The zero-order valence-electron chi connectivity index (χ0n) is 8.18. The fraction of sp³-hybridized carbons (Fsp3) is 0.500. The molecule has 4 nitrogen and oxygen atoms in total. The summed E-state index contributed by atoms with van der Waals surface area (Å²) in [5.41, 5.74) is 5.20. The van der Waals surface area contributed by atoms with Crippen molar-refractivity contribution in [3.05, 3.63) is 22.4 Å². The normalized spacial score (nSPS) is 11.0. The van der Waals surface area contributed by atoms with Crippen LogP contribution in [0, 0.1) is 0 Å². The molecule has 0 aliphatic rings. The molecule has 0 spiro atoms. The first-order valence-electron chi connectivity index (χ1n) is 4.34. The molecule has 7 heteroatoms. The third-order valence-electron chi connectivity index (χ3n) is 1.66. The first-order chi connectivity index (χ1) is 6.64. The number of sulfonamides is 1. The summed E-state index contributed by atoms with van der Waals surface area (Å²) in [5, 5.41) is 1.94. The Labute approximate surface area is 100 Å². The van der Waals surface area contributed by atoms with Gasteiger partial charge in [0, 0.05) is 18.0 Å². The summed E-state index contributed by atoms with van der Waals surface area (Å²) < 4.78 is 25.1. The molecule has 0 amide bonds. The highest BCUT2D eigenvalue weighted by atomic mass is 35.5. The summed E-state index contributed by atoms with van der Waals surface area (Å²) in [7, 11) is -3.14. The molecule has 3 N–H and O–H groups in total. The van der Waals surface area contributed by atoms with E-state index in [1.807, 2.05) is 17.5 Å². The molecule has 0 atom stereocenters. The van der Waals surface area contributed by atoms with Crippen molar-refractivity contribution in [2.24, 2.45) is 5.73 Å². The number of rotatable bonds is 6. The molecule has 0 radical (unpaired) electrons. The van der Waals surface area contributed by atoms with Gasteiger partial charge in [-0.3, -0.25) is 0 Å². The van der Waals surface area contributed by atoms with E-state index in [0.717, 1.165) is 4.88 Å². The smallest absolute Gasteiger partial charge is 0.211 e. The molecule has 1 rings (SSSR count). The Morgan fingerprint density at radius 1 is 1.47 bits per heavy atom. The maximum absolute atomic E-state index is 11.3. The topological polar surface area (TPSA) is 72.2 Å². The third kappa shape index (κ3) is 6.11. The highest BCUT2D eigenvalue weighted by molar-refractivity contribution is 7.89. The van der Waals surface area contributed by atoms with Crippen molar-refractivity contribution in [2.45, 2.75) is 6.42 Å². The fourth-order valence-corrected chi connectivity index (χ4v) is 2.88. The van der Waals surface area contributed by atoms with E-state index >= 15 is 0 Å². The molecule has 88 valence electrons. The van der Waals surface area contributed by atoms with Gasteiger partial charge in [-0.2, -0.15) is 0 Å². The zero-order chi connectivity index (χ0) is 10.4. The second kappa shape index (κ2) is 7.19. The van der Waals surface area contributed by atoms with Gasteiger partial charge in [-0.25, -0.2) is 13.1 Å². The molecule has 0 unspecified atom stereocenters. The number of hydrogen-bond donors (Lipinski definition) is 2. The molecule has 0 aliphatic heterocycles. The molecule has 0 aromatic carbocycles. The minimum absolute atomic E-state index is 0. The van der Waals surface area contributed by atoms with Crippen LogP contribution >= 0.6 is 23.7 Å². The van der Waals surface area contributed by atoms with Crippen LogP contribution in [0.3, 0.4) is 0 Å². The molecule has 0 bridgehead atoms. The molecule has 15 heavy (non-hydrogen) atoms. The van der Waals surface area contributed by atoms with Crippen molar-refractivity contribution in [3.63, 3.8) is 0 Å². The second-order valence-electron chi connectivity index (χ2n) is 2.83. The van der Waals surface area contributed by atoms with Crippen LogP contribution < -0.4 is 10.5 Å². The summed E-state index contributed by atoms with van der Waals surface area (Å²) in [5.74, 6) is 0.132. The van der Waals surface area contributed by atoms with E-state index in [4.69, 9.17) is 5.73 Å². The monoisotopic (exact) mass is 270 g/mol. The lowest BCUT2D eigenvalue weighted by Gasteiger charge is -2.03.